The quantitative estimate of drug-likeness (QED) is 0.914. The maximum Gasteiger partial charge on any atom is 0.256 e. The zero-order valence-electron chi connectivity index (χ0n) is 13.5. The van der Waals surface area contributed by atoms with Crippen molar-refractivity contribution in [1.29, 1.82) is 0 Å². The molecule has 3 aliphatic rings. The summed E-state index contributed by atoms with van der Waals surface area (Å²) in [6, 6.07) is 8.09. The number of hydrogen-bond donors (Lipinski definition) is 1. The molecule has 4 rings (SSSR count). The number of nitrogens with two attached hydrogens (primary N) is 1. The average Bonchev–Trinajstić information content (AvgIpc) is 3.37. The Balaban J connectivity index is 1.54. The SMILES string of the molecule is N[C@H]1CN(C(=O)c2ccccc2N2CCOCC2)C[C@@H]1C1CC1. The summed E-state index contributed by atoms with van der Waals surface area (Å²) in [5.41, 5.74) is 8.12. The third-order valence-corrected chi connectivity index (χ3v) is 5.41. The van der Waals surface area contributed by atoms with Crippen molar-refractivity contribution in [2.24, 2.45) is 17.6 Å². The molecule has 2 N–H and O–H groups in total. The number of nitrogens with zero attached hydrogens (tertiary/aromatic N) is 2. The van der Waals surface area contributed by atoms with E-state index >= 15 is 0 Å². The first kappa shape index (κ1) is 15.0. The average molecular weight is 315 g/mol. The Bertz CT molecular complexity index is 581. The number of hydrogen-bond acceptors (Lipinski definition) is 4. The van der Waals surface area contributed by atoms with Gasteiger partial charge in [0, 0.05) is 37.9 Å². The first-order valence-corrected chi connectivity index (χ1v) is 8.70. The van der Waals surface area contributed by atoms with Gasteiger partial charge in [-0.15, -0.1) is 0 Å². The second kappa shape index (κ2) is 6.13. The number of benzene rings is 1. The number of morpholine rings is 1. The summed E-state index contributed by atoms with van der Waals surface area (Å²) in [7, 11) is 0. The third kappa shape index (κ3) is 2.95. The molecule has 2 heterocycles. The van der Waals surface area contributed by atoms with Crippen LogP contribution in [0.4, 0.5) is 5.69 Å². The van der Waals surface area contributed by atoms with E-state index in [1.807, 2.05) is 29.2 Å². The highest BCUT2D eigenvalue weighted by Crippen LogP contribution is 2.41. The lowest BCUT2D eigenvalue weighted by Crippen LogP contribution is -2.38. The highest BCUT2D eigenvalue weighted by molar-refractivity contribution is 6.00. The van der Waals surface area contributed by atoms with Gasteiger partial charge in [-0.25, -0.2) is 0 Å². The smallest absolute Gasteiger partial charge is 0.256 e. The minimum absolute atomic E-state index is 0.130. The Kier molecular flexibility index (Phi) is 3.99. The van der Waals surface area contributed by atoms with Gasteiger partial charge >= 0.3 is 0 Å². The number of rotatable bonds is 3. The Morgan fingerprint density at radius 2 is 1.87 bits per heavy atom. The van der Waals surface area contributed by atoms with E-state index in [0.717, 1.165) is 50.0 Å². The molecule has 124 valence electrons. The predicted octanol–water partition coefficient (Wildman–Crippen LogP) is 1.33. The van der Waals surface area contributed by atoms with Crippen LogP contribution < -0.4 is 10.6 Å². The lowest BCUT2D eigenvalue weighted by molar-refractivity contribution is 0.0784. The van der Waals surface area contributed by atoms with E-state index in [9.17, 15) is 4.79 Å². The molecule has 0 radical (unpaired) electrons. The summed E-state index contributed by atoms with van der Waals surface area (Å²) < 4.78 is 5.43. The normalized spacial score (nSPS) is 28.2. The third-order valence-electron chi connectivity index (χ3n) is 5.41. The molecule has 0 spiro atoms. The molecule has 2 aliphatic heterocycles. The van der Waals surface area contributed by atoms with Crippen LogP contribution in [-0.4, -0.2) is 56.2 Å². The topological polar surface area (TPSA) is 58.8 Å². The summed E-state index contributed by atoms with van der Waals surface area (Å²) in [5.74, 6) is 1.37. The van der Waals surface area contributed by atoms with Gasteiger partial charge in [-0.3, -0.25) is 4.79 Å². The zero-order chi connectivity index (χ0) is 15.8. The molecule has 1 aromatic carbocycles. The number of carbonyl (C=O) groups excluding carboxylic acids is 1. The second-order valence-corrected chi connectivity index (χ2v) is 6.99. The van der Waals surface area contributed by atoms with Crippen molar-refractivity contribution in [2.45, 2.75) is 18.9 Å². The molecular formula is C18H25N3O2. The van der Waals surface area contributed by atoms with E-state index in [1.165, 1.54) is 12.8 Å². The Labute approximate surface area is 137 Å². The van der Waals surface area contributed by atoms with Gasteiger partial charge in [0.1, 0.15) is 0 Å². The van der Waals surface area contributed by atoms with Crippen LogP contribution >= 0.6 is 0 Å². The van der Waals surface area contributed by atoms with Crippen molar-refractivity contribution < 1.29 is 9.53 Å². The first-order valence-electron chi connectivity index (χ1n) is 8.70. The maximum absolute atomic E-state index is 13.1. The lowest BCUT2D eigenvalue weighted by atomic mass is 9.99. The van der Waals surface area contributed by atoms with E-state index in [-0.39, 0.29) is 11.9 Å². The fourth-order valence-electron chi connectivity index (χ4n) is 3.95. The number of para-hydroxylation sites is 1. The van der Waals surface area contributed by atoms with Crippen LogP contribution in [0.15, 0.2) is 24.3 Å². The van der Waals surface area contributed by atoms with Gasteiger partial charge < -0.3 is 20.3 Å². The molecule has 0 unspecified atom stereocenters. The largest absolute Gasteiger partial charge is 0.378 e. The number of ether oxygens (including phenoxy) is 1. The zero-order valence-corrected chi connectivity index (χ0v) is 13.5. The van der Waals surface area contributed by atoms with Crippen LogP contribution in [0.5, 0.6) is 0 Å². The van der Waals surface area contributed by atoms with Crippen molar-refractivity contribution in [3.8, 4) is 0 Å². The monoisotopic (exact) mass is 315 g/mol. The number of carbonyl (C=O) groups is 1. The fraction of sp³-hybridized carbons (Fsp3) is 0.611. The molecule has 1 amide bonds. The summed E-state index contributed by atoms with van der Waals surface area (Å²) in [4.78, 5) is 17.3. The highest BCUT2D eigenvalue weighted by Gasteiger charge is 2.42. The molecule has 23 heavy (non-hydrogen) atoms. The molecule has 3 fully saturated rings. The molecule has 0 bridgehead atoms. The van der Waals surface area contributed by atoms with Crippen LogP contribution in [0, 0.1) is 11.8 Å². The molecular weight excluding hydrogens is 290 g/mol. The molecule has 1 saturated carbocycles. The van der Waals surface area contributed by atoms with Crippen LogP contribution in [0.3, 0.4) is 0 Å². The summed E-state index contributed by atoms with van der Waals surface area (Å²) in [6.45, 7) is 4.64. The lowest BCUT2D eigenvalue weighted by Gasteiger charge is -2.31. The van der Waals surface area contributed by atoms with Crippen LogP contribution in [0.1, 0.15) is 23.2 Å². The minimum atomic E-state index is 0.130. The maximum atomic E-state index is 13.1. The Morgan fingerprint density at radius 3 is 2.61 bits per heavy atom. The summed E-state index contributed by atoms with van der Waals surface area (Å²) in [6.07, 6.45) is 2.57. The van der Waals surface area contributed by atoms with Gasteiger partial charge in [-0.1, -0.05) is 12.1 Å². The van der Waals surface area contributed by atoms with E-state index in [2.05, 4.69) is 4.90 Å². The van der Waals surface area contributed by atoms with Crippen molar-refractivity contribution in [2.75, 3.05) is 44.3 Å². The molecule has 5 heteroatoms. The molecule has 1 aromatic rings. The number of likely N-dealkylation sites (tertiary alicyclic amines) is 1. The standard InChI is InChI=1S/C18H25N3O2/c19-16-12-21(11-15(16)13-5-6-13)18(22)14-3-1-2-4-17(14)20-7-9-23-10-8-20/h1-4,13,15-16H,5-12,19H2/t15-,16+/m1/s1. The van der Waals surface area contributed by atoms with Crippen molar-refractivity contribution >= 4 is 11.6 Å². The van der Waals surface area contributed by atoms with Crippen LogP contribution in [-0.2, 0) is 4.74 Å². The second-order valence-electron chi connectivity index (χ2n) is 6.99. The van der Waals surface area contributed by atoms with Gasteiger partial charge in [0.2, 0.25) is 0 Å². The van der Waals surface area contributed by atoms with Gasteiger partial charge in [0.15, 0.2) is 0 Å². The minimum Gasteiger partial charge on any atom is -0.378 e. The molecule has 2 atom stereocenters. The number of anilines is 1. The summed E-state index contributed by atoms with van der Waals surface area (Å²) >= 11 is 0. The van der Waals surface area contributed by atoms with E-state index < -0.39 is 0 Å². The molecule has 1 aliphatic carbocycles. The van der Waals surface area contributed by atoms with Gasteiger partial charge in [-0.05, 0) is 36.8 Å². The molecule has 0 aromatic heterocycles. The van der Waals surface area contributed by atoms with Crippen molar-refractivity contribution in [1.82, 2.24) is 4.90 Å². The van der Waals surface area contributed by atoms with Gasteiger partial charge in [-0.2, -0.15) is 0 Å². The van der Waals surface area contributed by atoms with E-state index in [4.69, 9.17) is 10.5 Å². The highest BCUT2D eigenvalue weighted by atomic mass is 16.5. The summed E-state index contributed by atoms with van der Waals surface area (Å²) in [5, 5.41) is 0. The molecule has 5 nitrogen and oxygen atoms in total. The van der Waals surface area contributed by atoms with Gasteiger partial charge in [0.25, 0.3) is 5.91 Å². The van der Waals surface area contributed by atoms with E-state index in [1.54, 1.807) is 0 Å². The first-order chi connectivity index (χ1) is 11.2. The Morgan fingerprint density at radius 1 is 1.13 bits per heavy atom. The van der Waals surface area contributed by atoms with Gasteiger partial charge in [0.05, 0.1) is 18.8 Å². The molecule has 2 saturated heterocycles. The fourth-order valence-corrected chi connectivity index (χ4v) is 3.95. The number of amides is 1. The van der Waals surface area contributed by atoms with Crippen LogP contribution in [0.25, 0.3) is 0 Å². The Hall–Kier alpha value is -1.59. The van der Waals surface area contributed by atoms with Crippen molar-refractivity contribution in [3.05, 3.63) is 29.8 Å². The predicted molar refractivity (Wildman–Crippen MR) is 89.6 cm³/mol. The van der Waals surface area contributed by atoms with Crippen LogP contribution in [0.2, 0.25) is 0 Å². The van der Waals surface area contributed by atoms with Crippen molar-refractivity contribution in [3.63, 3.8) is 0 Å². The van der Waals surface area contributed by atoms with E-state index in [0.29, 0.717) is 12.5 Å².